The number of aromatic amines is 1. The molecule has 0 fully saturated rings. The highest BCUT2D eigenvalue weighted by Gasteiger charge is 2.22. The van der Waals surface area contributed by atoms with Crippen molar-refractivity contribution in [3.63, 3.8) is 0 Å². The minimum absolute atomic E-state index is 0.0763. The molecule has 0 saturated heterocycles. The van der Waals surface area contributed by atoms with Crippen LogP contribution in [0.1, 0.15) is 41.4 Å². The highest BCUT2D eigenvalue weighted by Crippen LogP contribution is 2.19. The molecule has 8 heteroatoms. The molecule has 1 aliphatic rings. The molecule has 0 radical (unpaired) electrons. The normalized spacial score (nSPS) is 16.9. The molecule has 3 rings (SSSR count). The predicted octanol–water partition coefficient (Wildman–Crippen LogP) is 1.85. The SMILES string of the molecule is CCCS(=O)(=O)Nc1ccc(C(=O)NC2CCc3[nH]ncc3C2)cc1. The average Bonchev–Trinajstić information content (AvgIpc) is 3.02. The molecule has 2 aromatic rings. The van der Waals surface area contributed by atoms with E-state index in [0.29, 0.717) is 17.7 Å². The molecule has 7 nitrogen and oxygen atoms in total. The van der Waals surface area contributed by atoms with Crippen LogP contribution in [0.2, 0.25) is 0 Å². The van der Waals surface area contributed by atoms with Crippen LogP contribution in [-0.4, -0.2) is 36.3 Å². The fourth-order valence-corrected chi connectivity index (χ4v) is 4.13. The van der Waals surface area contributed by atoms with Gasteiger partial charge in [0, 0.05) is 23.0 Å². The van der Waals surface area contributed by atoms with E-state index in [9.17, 15) is 13.2 Å². The van der Waals surface area contributed by atoms with Gasteiger partial charge in [0.2, 0.25) is 10.0 Å². The molecule has 1 amide bonds. The summed E-state index contributed by atoms with van der Waals surface area (Å²) in [5, 5.41) is 10.0. The van der Waals surface area contributed by atoms with Crippen molar-refractivity contribution in [1.82, 2.24) is 15.5 Å². The van der Waals surface area contributed by atoms with E-state index >= 15 is 0 Å². The minimum atomic E-state index is -3.32. The summed E-state index contributed by atoms with van der Waals surface area (Å²) in [6.07, 6.45) is 4.88. The summed E-state index contributed by atoms with van der Waals surface area (Å²) in [6, 6.07) is 6.56. The number of anilines is 1. The third-order valence-electron chi connectivity index (χ3n) is 4.25. The smallest absolute Gasteiger partial charge is 0.251 e. The quantitative estimate of drug-likeness (QED) is 0.729. The lowest BCUT2D eigenvalue weighted by Crippen LogP contribution is -2.38. The summed E-state index contributed by atoms with van der Waals surface area (Å²) < 4.78 is 26.0. The largest absolute Gasteiger partial charge is 0.349 e. The second-order valence-corrected chi connectivity index (χ2v) is 8.13. The molecule has 1 aromatic carbocycles. The van der Waals surface area contributed by atoms with Crippen LogP contribution >= 0.6 is 0 Å². The Morgan fingerprint density at radius 3 is 2.80 bits per heavy atom. The summed E-state index contributed by atoms with van der Waals surface area (Å²) in [5.74, 6) is -0.0766. The Kier molecular flexibility index (Phi) is 5.08. The van der Waals surface area contributed by atoms with E-state index in [4.69, 9.17) is 0 Å². The molecule has 3 N–H and O–H groups in total. The van der Waals surface area contributed by atoms with Gasteiger partial charge in [-0.05, 0) is 55.5 Å². The molecule has 1 aromatic heterocycles. The number of carbonyl (C=O) groups excluding carboxylic acids is 1. The van der Waals surface area contributed by atoms with Crippen molar-refractivity contribution < 1.29 is 13.2 Å². The van der Waals surface area contributed by atoms with Gasteiger partial charge in [0.25, 0.3) is 5.91 Å². The van der Waals surface area contributed by atoms with Gasteiger partial charge < -0.3 is 5.32 Å². The number of rotatable bonds is 6. The lowest BCUT2D eigenvalue weighted by molar-refractivity contribution is 0.0933. The number of benzene rings is 1. The van der Waals surface area contributed by atoms with Crippen molar-refractivity contribution in [2.24, 2.45) is 0 Å². The third-order valence-corrected chi connectivity index (χ3v) is 5.74. The molecule has 0 bridgehead atoms. The lowest BCUT2D eigenvalue weighted by atomic mass is 9.93. The van der Waals surface area contributed by atoms with Gasteiger partial charge in [-0.25, -0.2) is 8.42 Å². The summed E-state index contributed by atoms with van der Waals surface area (Å²) in [6.45, 7) is 1.81. The number of aryl methyl sites for hydroxylation is 1. The zero-order chi connectivity index (χ0) is 17.9. The van der Waals surface area contributed by atoms with Crippen molar-refractivity contribution in [1.29, 1.82) is 0 Å². The average molecular weight is 362 g/mol. The molecule has 1 aliphatic carbocycles. The number of carbonyl (C=O) groups is 1. The molecule has 134 valence electrons. The second kappa shape index (κ2) is 7.26. The van der Waals surface area contributed by atoms with Gasteiger partial charge in [0.05, 0.1) is 11.9 Å². The van der Waals surface area contributed by atoms with Gasteiger partial charge in [0.15, 0.2) is 0 Å². The number of sulfonamides is 1. The van der Waals surface area contributed by atoms with Gasteiger partial charge in [-0.3, -0.25) is 14.6 Å². The molecule has 1 atom stereocenters. The monoisotopic (exact) mass is 362 g/mol. The topological polar surface area (TPSA) is 104 Å². The van der Waals surface area contributed by atoms with Crippen LogP contribution in [0, 0.1) is 0 Å². The zero-order valence-corrected chi connectivity index (χ0v) is 14.9. The van der Waals surface area contributed by atoms with Crippen molar-refractivity contribution in [3.8, 4) is 0 Å². The van der Waals surface area contributed by atoms with Crippen LogP contribution < -0.4 is 10.0 Å². The van der Waals surface area contributed by atoms with E-state index < -0.39 is 10.0 Å². The van der Waals surface area contributed by atoms with Crippen LogP contribution in [0.4, 0.5) is 5.69 Å². The Morgan fingerprint density at radius 1 is 1.32 bits per heavy atom. The summed E-state index contributed by atoms with van der Waals surface area (Å²) in [4.78, 5) is 12.4. The van der Waals surface area contributed by atoms with Gasteiger partial charge in [0.1, 0.15) is 0 Å². The molecular weight excluding hydrogens is 340 g/mol. The van der Waals surface area contributed by atoms with Crippen LogP contribution in [-0.2, 0) is 22.9 Å². The third kappa shape index (κ3) is 4.39. The Labute approximate surface area is 147 Å². The van der Waals surface area contributed by atoms with Gasteiger partial charge in [-0.2, -0.15) is 5.10 Å². The second-order valence-electron chi connectivity index (χ2n) is 6.29. The van der Waals surface area contributed by atoms with E-state index in [1.807, 2.05) is 13.1 Å². The molecule has 1 unspecified atom stereocenters. The molecule has 0 spiro atoms. The number of hydrogen-bond acceptors (Lipinski definition) is 4. The summed E-state index contributed by atoms with van der Waals surface area (Å²) in [5.41, 5.74) is 3.27. The summed E-state index contributed by atoms with van der Waals surface area (Å²) >= 11 is 0. The zero-order valence-electron chi connectivity index (χ0n) is 14.1. The maximum absolute atomic E-state index is 12.4. The van der Waals surface area contributed by atoms with E-state index in [-0.39, 0.29) is 17.7 Å². The van der Waals surface area contributed by atoms with Crippen LogP contribution in [0.15, 0.2) is 30.5 Å². The van der Waals surface area contributed by atoms with Gasteiger partial charge in [-0.1, -0.05) is 6.92 Å². The Bertz CT molecular complexity index is 843. The fraction of sp³-hybridized carbons (Fsp3) is 0.412. The number of aromatic nitrogens is 2. The minimum Gasteiger partial charge on any atom is -0.349 e. The number of hydrogen-bond donors (Lipinski definition) is 3. The van der Waals surface area contributed by atoms with Crippen LogP contribution in [0.25, 0.3) is 0 Å². The van der Waals surface area contributed by atoms with E-state index in [0.717, 1.165) is 30.5 Å². The Hall–Kier alpha value is -2.35. The molecule has 25 heavy (non-hydrogen) atoms. The number of nitrogens with one attached hydrogen (secondary N) is 3. The number of fused-ring (bicyclic) bond motifs is 1. The lowest BCUT2D eigenvalue weighted by Gasteiger charge is -2.22. The maximum Gasteiger partial charge on any atom is 0.251 e. The predicted molar refractivity (Wildman–Crippen MR) is 96.0 cm³/mol. The number of amides is 1. The Morgan fingerprint density at radius 2 is 2.08 bits per heavy atom. The van der Waals surface area contributed by atoms with E-state index in [1.165, 1.54) is 0 Å². The van der Waals surface area contributed by atoms with Crippen molar-refractivity contribution in [2.75, 3.05) is 10.5 Å². The number of nitrogens with zero attached hydrogens (tertiary/aromatic N) is 1. The first kappa shape index (κ1) is 17.5. The van der Waals surface area contributed by atoms with Crippen molar-refractivity contribution in [2.45, 2.75) is 38.6 Å². The molecule has 1 heterocycles. The highest BCUT2D eigenvalue weighted by atomic mass is 32.2. The highest BCUT2D eigenvalue weighted by molar-refractivity contribution is 7.92. The van der Waals surface area contributed by atoms with Crippen LogP contribution in [0.5, 0.6) is 0 Å². The van der Waals surface area contributed by atoms with Crippen LogP contribution in [0.3, 0.4) is 0 Å². The molecule has 0 aliphatic heterocycles. The van der Waals surface area contributed by atoms with Crippen molar-refractivity contribution in [3.05, 3.63) is 47.3 Å². The molecule has 0 saturated carbocycles. The van der Waals surface area contributed by atoms with Gasteiger partial charge >= 0.3 is 0 Å². The fourth-order valence-electron chi connectivity index (χ4n) is 3.00. The number of H-pyrrole nitrogens is 1. The Balaban J connectivity index is 1.60. The van der Waals surface area contributed by atoms with Gasteiger partial charge in [-0.15, -0.1) is 0 Å². The van der Waals surface area contributed by atoms with E-state index in [1.54, 1.807) is 24.3 Å². The summed E-state index contributed by atoms with van der Waals surface area (Å²) in [7, 11) is -3.32. The standard InChI is InChI=1S/C17H22N4O3S/c1-2-9-25(23,24)21-14-5-3-12(4-6-14)17(22)19-15-7-8-16-13(10-15)11-18-20-16/h3-6,11,15,21H,2,7-10H2,1H3,(H,18,20)(H,19,22). The first-order valence-corrected chi connectivity index (χ1v) is 10.0. The van der Waals surface area contributed by atoms with E-state index in [2.05, 4.69) is 20.2 Å². The first-order valence-electron chi connectivity index (χ1n) is 8.39. The van der Waals surface area contributed by atoms with Crippen molar-refractivity contribution >= 4 is 21.6 Å². The molecular formula is C17H22N4O3S. The first-order chi connectivity index (χ1) is 12.0. The maximum atomic E-state index is 12.4.